The molecule has 0 amide bonds. The fourth-order valence-corrected chi connectivity index (χ4v) is 1.92. The van der Waals surface area contributed by atoms with Crippen molar-refractivity contribution >= 4 is 23.1 Å². The first-order chi connectivity index (χ1) is 7.25. The van der Waals surface area contributed by atoms with E-state index in [-0.39, 0.29) is 0 Å². The number of nitrogens with one attached hydrogen (secondary N) is 1. The van der Waals surface area contributed by atoms with Gasteiger partial charge in [0.15, 0.2) is 0 Å². The van der Waals surface area contributed by atoms with Crippen LogP contribution >= 0.6 is 11.8 Å². The zero-order valence-electron chi connectivity index (χ0n) is 9.55. The first-order valence-corrected chi connectivity index (χ1v) is 6.73. The standard InChI is InChI=1S/C12H20N2S/c1-10-6-5-7-11(12(10)13)14-8-3-4-9-15-2/h5-7,14H,3-4,8-9,13H2,1-2H3. The van der Waals surface area contributed by atoms with Gasteiger partial charge in [-0.3, -0.25) is 0 Å². The third-order valence-electron chi connectivity index (χ3n) is 2.41. The smallest absolute Gasteiger partial charge is 0.0579 e. The molecule has 0 fully saturated rings. The first-order valence-electron chi connectivity index (χ1n) is 5.33. The van der Waals surface area contributed by atoms with Crippen LogP contribution < -0.4 is 11.1 Å². The molecule has 0 aromatic heterocycles. The molecule has 0 aliphatic heterocycles. The van der Waals surface area contributed by atoms with E-state index in [4.69, 9.17) is 5.73 Å². The van der Waals surface area contributed by atoms with E-state index in [0.717, 1.165) is 23.5 Å². The molecule has 3 N–H and O–H groups in total. The summed E-state index contributed by atoms with van der Waals surface area (Å²) in [6.45, 7) is 3.04. The van der Waals surface area contributed by atoms with Crippen molar-refractivity contribution in [2.45, 2.75) is 19.8 Å². The number of benzene rings is 1. The summed E-state index contributed by atoms with van der Waals surface area (Å²) in [5.41, 5.74) is 9.05. The summed E-state index contributed by atoms with van der Waals surface area (Å²) in [7, 11) is 0. The van der Waals surface area contributed by atoms with Crippen molar-refractivity contribution in [1.82, 2.24) is 0 Å². The Morgan fingerprint density at radius 1 is 1.33 bits per heavy atom. The molecule has 0 saturated heterocycles. The van der Waals surface area contributed by atoms with Crippen molar-refractivity contribution in [3.05, 3.63) is 23.8 Å². The maximum atomic E-state index is 5.96. The minimum absolute atomic E-state index is 0.877. The lowest BCUT2D eigenvalue weighted by Crippen LogP contribution is -2.05. The average molecular weight is 224 g/mol. The lowest BCUT2D eigenvalue weighted by molar-refractivity contribution is 0.843. The molecule has 0 aliphatic rings. The van der Waals surface area contributed by atoms with Crippen LogP contribution in [0.4, 0.5) is 11.4 Å². The Kier molecular flexibility index (Phi) is 5.40. The fourth-order valence-electron chi connectivity index (χ4n) is 1.43. The van der Waals surface area contributed by atoms with Crippen LogP contribution in [0.25, 0.3) is 0 Å². The number of hydrogen-bond donors (Lipinski definition) is 2. The fraction of sp³-hybridized carbons (Fsp3) is 0.500. The van der Waals surface area contributed by atoms with Gasteiger partial charge in [-0.25, -0.2) is 0 Å². The van der Waals surface area contributed by atoms with Crippen molar-refractivity contribution in [1.29, 1.82) is 0 Å². The summed E-state index contributed by atoms with van der Waals surface area (Å²) < 4.78 is 0. The summed E-state index contributed by atoms with van der Waals surface area (Å²) in [5.74, 6) is 1.24. The van der Waals surface area contributed by atoms with Crippen molar-refractivity contribution in [2.24, 2.45) is 0 Å². The second-order valence-corrected chi connectivity index (χ2v) is 4.65. The maximum absolute atomic E-state index is 5.96. The van der Waals surface area contributed by atoms with Crippen LogP contribution in [0.15, 0.2) is 18.2 Å². The van der Waals surface area contributed by atoms with Gasteiger partial charge in [0, 0.05) is 6.54 Å². The summed E-state index contributed by atoms with van der Waals surface area (Å²) in [5, 5.41) is 3.38. The Bertz CT molecular complexity index is 300. The second-order valence-electron chi connectivity index (χ2n) is 3.66. The van der Waals surface area contributed by atoms with Crippen molar-refractivity contribution < 1.29 is 0 Å². The van der Waals surface area contributed by atoms with Gasteiger partial charge in [-0.2, -0.15) is 11.8 Å². The molecule has 1 aromatic carbocycles. The number of hydrogen-bond acceptors (Lipinski definition) is 3. The second kappa shape index (κ2) is 6.62. The Balaban J connectivity index is 2.34. The monoisotopic (exact) mass is 224 g/mol. The molecule has 1 rings (SSSR count). The van der Waals surface area contributed by atoms with Gasteiger partial charge in [-0.15, -0.1) is 0 Å². The summed E-state index contributed by atoms with van der Waals surface area (Å²) in [6, 6.07) is 6.11. The van der Waals surface area contributed by atoms with E-state index in [1.54, 1.807) is 0 Å². The predicted octanol–water partition coefficient (Wildman–Crippen LogP) is 3.13. The van der Waals surface area contributed by atoms with Crippen LogP contribution in [0, 0.1) is 6.92 Å². The Morgan fingerprint density at radius 3 is 2.87 bits per heavy atom. The number of nitrogens with two attached hydrogens (primary N) is 1. The minimum atomic E-state index is 0.877. The molecule has 0 atom stereocenters. The zero-order chi connectivity index (χ0) is 11.1. The molecule has 84 valence electrons. The predicted molar refractivity (Wildman–Crippen MR) is 71.7 cm³/mol. The van der Waals surface area contributed by atoms with Gasteiger partial charge in [0.05, 0.1) is 11.4 Å². The average Bonchev–Trinajstić information content (AvgIpc) is 2.24. The van der Waals surface area contributed by atoms with E-state index in [2.05, 4.69) is 11.6 Å². The number of nitrogen functional groups attached to an aromatic ring is 1. The van der Waals surface area contributed by atoms with E-state index in [1.165, 1.54) is 18.6 Å². The lowest BCUT2D eigenvalue weighted by atomic mass is 10.1. The van der Waals surface area contributed by atoms with Crippen LogP contribution in [-0.4, -0.2) is 18.6 Å². The summed E-state index contributed by atoms with van der Waals surface area (Å²) in [4.78, 5) is 0. The van der Waals surface area contributed by atoms with Gasteiger partial charge >= 0.3 is 0 Å². The summed E-state index contributed by atoms with van der Waals surface area (Å²) >= 11 is 1.90. The first kappa shape index (κ1) is 12.2. The summed E-state index contributed by atoms with van der Waals surface area (Å²) in [6.07, 6.45) is 4.61. The van der Waals surface area contributed by atoms with Gasteiger partial charge in [-0.1, -0.05) is 12.1 Å². The van der Waals surface area contributed by atoms with Crippen LogP contribution in [0.2, 0.25) is 0 Å². The quantitative estimate of drug-likeness (QED) is 0.576. The normalized spacial score (nSPS) is 10.3. The zero-order valence-corrected chi connectivity index (χ0v) is 10.4. The number of unbranched alkanes of at least 4 members (excludes halogenated alkanes) is 1. The number of thioether (sulfide) groups is 1. The lowest BCUT2D eigenvalue weighted by Gasteiger charge is -2.10. The van der Waals surface area contributed by atoms with Crippen molar-refractivity contribution in [3.63, 3.8) is 0 Å². The Hall–Kier alpha value is -0.830. The third kappa shape index (κ3) is 4.04. The molecule has 0 heterocycles. The van der Waals surface area contributed by atoms with Crippen LogP contribution in [-0.2, 0) is 0 Å². The molecule has 0 aliphatic carbocycles. The molecule has 0 unspecified atom stereocenters. The number of rotatable bonds is 6. The van der Waals surface area contributed by atoms with E-state index in [9.17, 15) is 0 Å². The van der Waals surface area contributed by atoms with E-state index >= 15 is 0 Å². The molecule has 0 spiro atoms. The Morgan fingerprint density at radius 2 is 2.13 bits per heavy atom. The van der Waals surface area contributed by atoms with Crippen molar-refractivity contribution in [2.75, 3.05) is 29.6 Å². The number of para-hydroxylation sites is 1. The Labute approximate surface area is 96.6 Å². The van der Waals surface area contributed by atoms with Gasteiger partial charge in [-0.05, 0) is 43.4 Å². The SMILES string of the molecule is CSCCCCNc1cccc(C)c1N. The van der Waals surface area contributed by atoms with Gasteiger partial charge in [0.1, 0.15) is 0 Å². The molecular formula is C12H20N2S. The van der Waals surface area contributed by atoms with Gasteiger partial charge < -0.3 is 11.1 Å². The topological polar surface area (TPSA) is 38.0 Å². The molecule has 2 nitrogen and oxygen atoms in total. The number of anilines is 2. The molecule has 3 heteroatoms. The van der Waals surface area contributed by atoms with Gasteiger partial charge in [0.2, 0.25) is 0 Å². The molecular weight excluding hydrogens is 204 g/mol. The van der Waals surface area contributed by atoms with Crippen LogP contribution in [0.3, 0.4) is 0 Å². The highest BCUT2D eigenvalue weighted by Gasteiger charge is 1.99. The third-order valence-corrected chi connectivity index (χ3v) is 3.11. The van der Waals surface area contributed by atoms with Gasteiger partial charge in [0.25, 0.3) is 0 Å². The highest BCUT2D eigenvalue weighted by Crippen LogP contribution is 2.21. The van der Waals surface area contributed by atoms with Crippen molar-refractivity contribution in [3.8, 4) is 0 Å². The minimum Gasteiger partial charge on any atom is -0.397 e. The highest BCUT2D eigenvalue weighted by molar-refractivity contribution is 7.98. The van der Waals surface area contributed by atoms with E-state index in [0.29, 0.717) is 0 Å². The van der Waals surface area contributed by atoms with E-state index < -0.39 is 0 Å². The molecule has 0 saturated carbocycles. The molecule has 0 radical (unpaired) electrons. The number of aryl methyl sites for hydroxylation is 1. The molecule has 0 bridgehead atoms. The van der Waals surface area contributed by atoms with Crippen LogP contribution in [0.5, 0.6) is 0 Å². The molecule has 15 heavy (non-hydrogen) atoms. The largest absolute Gasteiger partial charge is 0.397 e. The highest BCUT2D eigenvalue weighted by atomic mass is 32.2. The maximum Gasteiger partial charge on any atom is 0.0579 e. The molecule has 1 aromatic rings. The van der Waals surface area contributed by atoms with E-state index in [1.807, 2.05) is 36.9 Å². The van der Waals surface area contributed by atoms with Crippen LogP contribution in [0.1, 0.15) is 18.4 Å².